The van der Waals surface area contributed by atoms with Gasteiger partial charge in [0.15, 0.2) is 5.96 Å². The van der Waals surface area contributed by atoms with E-state index < -0.39 is 0 Å². The number of benzene rings is 1. The van der Waals surface area contributed by atoms with E-state index in [1.54, 1.807) is 6.20 Å². The third-order valence-corrected chi connectivity index (χ3v) is 2.63. The van der Waals surface area contributed by atoms with Crippen molar-refractivity contribution in [3.63, 3.8) is 0 Å². The minimum atomic E-state index is 0. The van der Waals surface area contributed by atoms with Crippen molar-refractivity contribution in [2.45, 2.75) is 13.0 Å². The van der Waals surface area contributed by atoms with Crippen molar-refractivity contribution in [1.82, 2.24) is 9.55 Å². The van der Waals surface area contributed by atoms with Crippen LogP contribution in [0.5, 0.6) is 0 Å². The zero-order valence-electron chi connectivity index (χ0n) is 10.6. The van der Waals surface area contributed by atoms with E-state index in [2.05, 4.69) is 26.7 Å². The second-order valence-corrected chi connectivity index (χ2v) is 4.01. The zero-order chi connectivity index (χ0) is 12.8. The molecular weight excluding hydrogens is 353 g/mol. The monoisotopic (exact) mass is 371 g/mol. The summed E-state index contributed by atoms with van der Waals surface area (Å²) >= 11 is 0. The highest BCUT2D eigenvalue weighted by molar-refractivity contribution is 14.0. The van der Waals surface area contributed by atoms with E-state index in [1.165, 1.54) is 5.56 Å². The number of nitrogens with zero attached hydrogens (tertiary/aromatic N) is 3. The molecule has 2 aromatic rings. The predicted octanol–water partition coefficient (Wildman–Crippen LogP) is 1.37. The molecule has 0 amide bonds. The van der Waals surface area contributed by atoms with Gasteiger partial charge in [-0.25, -0.2) is 4.98 Å². The van der Waals surface area contributed by atoms with Crippen LogP contribution in [0.4, 0.5) is 0 Å². The average molecular weight is 371 g/mol. The van der Waals surface area contributed by atoms with Gasteiger partial charge in [0.05, 0.1) is 0 Å². The third-order valence-electron chi connectivity index (χ3n) is 2.63. The summed E-state index contributed by atoms with van der Waals surface area (Å²) in [4.78, 5) is 8.29. The topological polar surface area (TPSA) is 82.2 Å². The van der Waals surface area contributed by atoms with E-state index in [1.807, 2.05) is 24.4 Å². The quantitative estimate of drug-likeness (QED) is 0.473. The maximum Gasteiger partial charge on any atom is 0.185 e. The summed E-state index contributed by atoms with van der Waals surface area (Å²) in [6, 6.07) is 10.3. The Bertz CT molecular complexity index is 517. The molecule has 0 atom stereocenters. The molecule has 19 heavy (non-hydrogen) atoms. The summed E-state index contributed by atoms with van der Waals surface area (Å²) in [5.41, 5.74) is 11.8. The van der Waals surface area contributed by atoms with Crippen LogP contribution in [-0.4, -0.2) is 22.1 Å². The Labute approximate surface area is 129 Å². The van der Waals surface area contributed by atoms with Crippen LogP contribution in [0.25, 0.3) is 0 Å². The number of aliphatic imine (C=N–C) groups is 1. The van der Waals surface area contributed by atoms with E-state index in [-0.39, 0.29) is 29.9 Å². The highest BCUT2D eigenvalue weighted by atomic mass is 127. The molecule has 0 unspecified atom stereocenters. The van der Waals surface area contributed by atoms with Crippen LogP contribution in [0.15, 0.2) is 47.7 Å². The Balaban J connectivity index is 0.00000180. The molecule has 2 rings (SSSR count). The Hall–Kier alpha value is -1.57. The molecule has 5 nitrogen and oxygen atoms in total. The van der Waals surface area contributed by atoms with Crippen LogP contribution < -0.4 is 11.5 Å². The Kier molecular flexibility index (Phi) is 6.34. The summed E-state index contributed by atoms with van der Waals surface area (Å²) in [6.45, 7) is 1.38. The molecule has 6 heteroatoms. The van der Waals surface area contributed by atoms with Crippen LogP contribution in [-0.2, 0) is 13.0 Å². The molecule has 0 aliphatic carbocycles. The van der Waals surface area contributed by atoms with E-state index in [4.69, 9.17) is 11.5 Å². The van der Waals surface area contributed by atoms with Crippen molar-refractivity contribution in [3.8, 4) is 0 Å². The maximum absolute atomic E-state index is 5.29. The predicted molar refractivity (Wildman–Crippen MR) is 87.6 cm³/mol. The summed E-state index contributed by atoms with van der Waals surface area (Å²) in [5.74, 6) is 1.11. The number of guanidine groups is 1. The molecule has 0 aliphatic rings. The molecule has 1 aromatic carbocycles. The van der Waals surface area contributed by atoms with Crippen molar-refractivity contribution in [2.75, 3.05) is 6.54 Å². The van der Waals surface area contributed by atoms with Crippen molar-refractivity contribution < 1.29 is 0 Å². The molecule has 0 spiro atoms. The van der Waals surface area contributed by atoms with Gasteiger partial charge in [0.25, 0.3) is 0 Å². The van der Waals surface area contributed by atoms with Gasteiger partial charge < -0.3 is 16.0 Å². The first-order valence-corrected chi connectivity index (χ1v) is 5.85. The average Bonchev–Trinajstić information content (AvgIpc) is 2.78. The molecule has 0 aliphatic heterocycles. The van der Waals surface area contributed by atoms with Gasteiger partial charge in [0, 0.05) is 31.9 Å². The first kappa shape index (κ1) is 15.5. The Morgan fingerprint density at radius 3 is 2.63 bits per heavy atom. The van der Waals surface area contributed by atoms with Gasteiger partial charge in [0.2, 0.25) is 0 Å². The lowest BCUT2D eigenvalue weighted by molar-refractivity contribution is 0.716. The number of halogens is 1. The Morgan fingerprint density at radius 2 is 1.95 bits per heavy atom. The normalized spacial score (nSPS) is 9.68. The number of hydrogen-bond donors (Lipinski definition) is 2. The van der Waals surface area contributed by atoms with Gasteiger partial charge in [-0.1, -0.05) is 30.3 Å². The summed E-state index contributed by atoms with van der Waals surface area (Å²) < 4.78 is 2.11. The maximum atomic E-state index is 5.29. The minimum absolute atomic E-state index is 0. The van der Waals surface area contributed by atoms with Crippen LogP contribution in [0.3, 0.4) is 0 Å². The van der Waals surface area contributed by atoms with Crippen LogP contribution in [0.1, 0.15) is 11.4 Å². The first-order valence-electron chi connectivity index (χ1n) is 5.85. The van der Waals surface area contributed by atoms with Crippen molar-refractivity contribution in [3.05, 3.63) is 54.1 Å². The Morgan fingerprint density at radius 1 is 1.21 bits per heavy atom. The SMILES string of the molecule is I.NC(N)=NCCc1nccn1Cc1ccccc1. The van der Waals surface area contributed by atoms with Gasteiger partial charge in [-0.3, -0.25) is 4.99 Å². The molecular formula is C13H18IN5. The van der Waals surface area contributed by atoms with Gasteiger partial charge in [-0.15, -0.1) is 24.0 Å². The van der Waals surface area contributed by atoms with Crippen LogP contribution in [0.2, 0.25) is 0 Å². The number of imidazole rings is 1. The molecule has 0 fully saturated rings. The van der Waals surface area contributed by atoms with Crippen LogP contribution >= 0.6 is 24.0 Å². The van der Waals surface area contributed by atoms with Gasteiger partial charge >= 0.3 is 0 Å². The van der Waals surface area contributed by atoms with Crippen molar-refractivity contribution >= 4 is 29.9 Å². The smallest absolute Gasteiger partial charge is 0.185 e. The second-order valence-electron chi connectivity index (χ2n) is 4.01. The molecule has 0 bridgehead atoms. The van der Waals surface area contributed by atoms with E-state index in [9.17, 15) is 0 Å². The highest BCUT2D eigenvalue weighted by Crippen LogP contribution is 2.06. The van der Waals surface area contributed by atoms with Gasteiger partial charge in [0.1, 0.15) is 5.82 Å². The number of nitrogens with two attached hydrogens (primary N) is 2. The van der Waals surface area contributed by atoms with Crippen LogP contribution in [0, 0.1) is 0 Å². The number of aromatic nitrogens is 2. The fraction of sp³-hybridized carbons (Fsp3) is 0.231. The van der Waals surface area contributed by atoms with Crippen molar-refractivity contribution in [2.24, 2.45) is 16.5 Å². The molecule has 0 radical (unpaired) electrons. The molecule has 1 heterocycles. The standard InChI is InChI=1S/C13H17N5.HI/c14-13(15)17-7-6-12-16-8-9-18(12)10-11-4-2-1-3-5-11;/h1-5,8-9H,6-7,10H2,(H4,14,15,17);1H. The highest BCUT2D eigenvalue weighted by Gasteiger charge is 2.02. The molecule has 102 valence electrons. The molecule has 1 aromatic heterocycles. The minimum Gasteiger partial charge on any atom is -0.370 e. The lowest BCUT2D eigenvalue weighted by Gasteiger charge is -2.07. The summed E-state index contributed by atoms with van der Waals surface area (Å²) in [6.07, 6.45) is 4.50. The fourth-order valence-corrected chi connectivity index (χ4v) is 1.78. The van der Waals surface area contributed by atoms with E-state index in [0.717, 1.165) is 18.8 Å². The lowest BCUT2D eigenvalue weighted by Crippen LogP contribution is -2.23. The lowest BCUT2D eigenvalue weighted by atomic mass is 10.2. The van der Waals surface area contributed by atoms with E-state index in [0.29, 0.717) is 6.54 Å². The summed E-state index contributed by atoms with van der Waals surface area (Å²) in [5, 5.41) is 0. The fourth-order valence-electron chi connectivity index (χ4n) is 1.78. The molecule has 0 saturated carbocycles. The van der Waals surface area contributed by atoms with Crippen molar-refractivity contribution in [1.29, 1.82) is 0 Å². The number of rotatable bonds is 5. The number of hydrogen-bond acceptors (Lipinski definition) is 2. The third kappa shape index (κ3) is 4.90. The first-order chi connectivity index (χ1) is 8.75. The largest absolute Gasteiger partial charge is 0.370 e. The van der Waals surface area contributed by atoms with Gasteiger partial charge in [-0.2, -0.15) is 0 Å². The second kappa shape index (κ2) is 7.78. The zero-order valence-corrected chi connectivity index (χ0v) is 12.9. The van der Waals surface area contributed by atoms with E-state index >= 15 is 0 Å². The summed E-state index contributed by atoms with van der Waals surface area (Å²) in [7, 11) is 0. The van der Waals surface area contributed by atoms with Gasteiger partial charge in [-0.05, 0) is 5.56 Å². The molecule has 4 N–H and O–H groups in total. The molecule has 0 saturated heterocycles.